The van der Waals surface area contributed by atoms with Crippen molar-refractivity contribution in [3.63, 3.8) is 0 Å². The number of benzene rings is 1. The molecule has 3 N–H and O–H groups in total. The van der Waals surface area contributed by atoms with Crippen LogP contribution in [0.15, 0.2) is 47.7 Å². The molecule has 0 aliphatic carbocycles. The summed E-state index contributed by atoms with van der Waals surface area (Å²) in [5.41, 5.74) is 1.81. The molecule has 0 fully saturated rings. The number of alkyl carbamates (subject to hydrolysis) is 1. The van der Waals surface area contributed by atoms with Crippen LogP contribution in [0.4, 0.5) is 4.79 Å². The van der Waals surface area contributed by atoms with Crippen LogP contribution in [0.2, 0.25) is 0 Å². The number of aromatic nitrogens is 2. The average Bonchev–Trinajstić information content (AvgIpc) is 3.10. The maximum atomic E-state index is 11.6. The lowest BCUT2D eigenvalue weighted by Crippen LogP contribution is -2.39. The van der Waals surface area contributed by atoms with Crippen molar-refractivity contribution in [3.05, 3.63) is 53.9 Å². The SMILES string of the molecule is CN=C(NCCCNC(=O)OC(C)(C)C)NCc1cnn(Cc2ccccc2)c1.I. The maximum absolute atomic E-state index is 11.6. The van der Waals surface area contributed by atoms with E-state index in [1.807, 2.05) is 56.0 Å². The molecule has 0 bridgehead atoms. The number of nitrogens with zero attached hydrogens (tertiary/aromatic N) is 3. The number of rotatable bonds is 8. The quantitative estimate of drug-likeness (QED) is 0.212. The predicted octanol–water partition coefficient (Wildman–Crippen LogP) is 3.13. The minimum absolute atomic E-state index is 0. The molecule has 1 aromatic carbocycles. The molecule has 0 unspecified atom stereocenters. The molecular weight excluding hydrogens is 495 g/mol. The van der Waals surface area contributed by atoms with Crippen molar-refractivity contribution >= 4 is 36.0 Å². The van der Waals surface area contributed by atoms with Gasteiger partial charge in [-0.05, 0) is 32.8 Å². The van der Waals surface area contributed by atoms with Crippen LogP contribution in [0.25, 0.3) is 0 Å². The van der Waals surface area contributed by atoms with Gasteiger partial charge in [0.05, 0.1) is 12.7 Å². The van der Waals surface area contributed by atoms with Crippen LogP contribution < -0.4 is 16.0 Å². The summed E-state index contributed by atoms with van der Waals surface area (Å²) in [6, 6.07) is 10.2. The van der Waals surface area contributed by atoms with Gasteiger partial charge in [0.1, 0.15) is 5.60 Å². The highest BCUT2D eigenvalue weighted by molar-refractivity contribution is 14.0. The van der Waals surface area contributed by atoms with E-state index in [1.54, 1.807) is 7.05 Å². The Hall–Kier alpha value is -2.30. The number of ether oxygens (including phenoxy) is 1. The van der Waals surface area contributed by atoms with Gasteiger partial charge in [0.15, 0.2) is 5.96 Å². The lowest BCUT2D eigenvalue weighted by molar-refractivity contribution is 0.0527. The van der Waals surface area contributed by atoms with Crippen LogP contribution in [0.5, 0.6) is 0 Å². The van der Waals surface area contributed by atoms with Gasteiger partial charge >= 0.3 is 6.09 Å². The molecule has 9 heteroatoms. The first-order valence-electron chi connectivity index (χ1n) is 9.82. The first kappa shape index (κ1) is 25.7. The van der Waals surface area contributed by atoms with Crippen molar-refractivity contribution in [1.29, 1.82) is 0 Å². The molecule has 0 spiro atoms. The molecule has 1 aromatic heterocycles. The Morgan fingerprint density at radius 3 is 2.47 bits per heavy atom. The Bertz CT molecular complexity index is 786. The van der Waals surface area contributed by atoms with Gasteiger partial charge in [-0.1, -0.05) is 30.3 Å². The molecule has 0 aliphatic rings. The van der Waals surface area contributed by atoms with E-state index in [1.165, 1.54) is 5.56 Å². The molecule has 0 aliphatic heterocycles. The summed E-state index contributed by atoms with van der Waals surface area (Å²) in [5.74, 6) is 0.707. The number of hydrogen-bond donors (Lipinski definition) is 3. The molecular formula is C21H33IN6O2. The Morgan fingerprint density at radius 1 is 1.10 bits per heavy atom. The van der Waals surface area contributed by atoms with Gasteiger partial charge in [-0.15, -0.1) is 24.0 Å². The summed E-state index contributed by atoms with van der Waals surface area (Å²) in [5, 5.41) is 13.6. The number of aliphatic imine (C=N–C) groups is 1. The number of amides is 1. The van der Waals surface area contributed by atoms with Gasteiger partial charge < -0.3 is 20.7 Å². The van der Waals surface area contributed by atoms with Gasteiger partial charge in [0.25, 0.3) is 0 Å². The van der Waals surface area contributed by atoms with Gasteiger partial charge in [-0.2, -0.15) is 5.10 Å². The Balaban J connectivity index is 0.00000450. The summed E-state index contributed by atoms with van der Waals surface area (Å²) < 4.78 is 7.12. The number of carbonyl (C=O) groups excluding carboxylic acids is 1. The second-order valence-electron chi connectivity index (χ2n) is 7.67. The monoisotopic (exact) mass is 528 g/mol. The minimum atomic E-state index is -0.483. The molecule has 0 atom stereocenters. The molecule has 30 heavy (non-hydrogen) atoms. The number of hydrogen-bond acceptors (Lipinski definition) is 4. The smallest absolute Gasteiger partial charge is 0.407 e. The highest BCUT2D eigenvalue weighted by atomic mass is 127. The van der Waals surface area contributed by atoms with E-state index in [9.17, 15) is 4.79 Å². The lowest BCUT2D eigenvalue weighted by Gasteiger charge is -2.19. The van der Waals surface area contributed by atoms with Crippen LogP contribution in [0.1, 0.15) is 38.3 Å². The standard InChI is InChI=1S/C21H32N6O2.HI/c1-21(2,3)29-20(28)24-12-8-11-23-19(22-4)25-13-18-14-26-27(16-18)15-17-9-6-5-7-10-17;/h5-7,9-10,14,16H,8,11-13,15H2,1-4H3,(H,24,28)(H2,22,23,25);1H. The summed E-state index contributed by atoms with van der Waals surface area (Å²) in [4.78, 5) is 15.8. The third-order valence-electron chi connectivity index (χ3n) is 3.87. The highest BCUT2D eigenvalue weighted by Gasteiger charge is 2.15. The molecule has 0 saturated carbocycles. The molecule has 2 rings (SSSR count). The van der Waals surface area contributed by atoms with E-state index in [4.69, 9.17) is 4.74 Å². The first-order chi connectivity index (χ1) is 13.9. The van der Waals surface area contributed by atoms with E-state index >= 15 is 0 Å². The second-order valence-corrected chi connectivity index (χ2v) is 7.67. The fraction of sp³-hybridized carbons (Fsp3) is 0.476. The van der Waals surface area contributed by atoms with Crippen molar-refractivity contribution in [2.75, 3.05) is 20.1 Å². The van der Waals surface area contributed by atoms with E-state index in [2.05, 4.69) is 38.2 Å². The summed E-state index contributed by atoms with van der Waals surface area (Å²) in [7, 11) is 1.73. The molecule has 1 amide bonds. The van der Waals surface area contributed by atoms with E-state index < -0.39 is 11.7 Å². The van der Waals surface area contributed by atoms with Crippen molar-refractivity contribution in [3.8, 4) is 0 Å². The van der Waals surface area contributed by atoms with Gasteiger partial charge in [0.2, 0.25) is 0 Å². The fourth-order valence-electron chi connectivity index (χ4n) is 2.56. The number of guanidine groups is 1. The molecule has 8 nitrogen and oxygen atoms in total. The Kier molecular flexibility index (Phi) is 11.2. The van der Waals surface area contributed by atoms with Crippen LogP contribution >= 0.6 is 24.0 Å². The van der Waals surface area contributed by atoms with E-state index in [0.717, 1.165) is 18.5 Å². The Morgan fingerprint density at radius 2 is 1.80 bits per heavy atom. The van der Waals surface area contributed by atoms with Crippen LogP contribution in [0.3, 0.4) is 0 Å². The van der Waals surface area contributed by atoms with Gasteiger partial charge in [-0.25, -0.2) is 4.79 Å². The van der Waals surface area contributed by atoms with Crippen molar-refractivity contribution in [1.82, 2.24) is 25.7 Å². The number of carbonyl (C=O) groups is 1. The normalized spacial score (nSPS) is 11.4. The third-order valence-corrected chi connectivity index (χ3v) is 3.87. The third kappa shape index (κ3) is 10.5. The van der Waals surface area contributed by atoms with Crippen molar-refractivity contribution in [2.24, 2.45) is 4.99 Å². The van der Waals surface area contributed by atoms with Gasteiger partial charge in [0, 0.05) is 38.4 Å². The zero-order chi connectivity index (χ0) is 21.1. The summed E-state index contributed by atoms with van der Waals surface area (Å²) in [6.45, 7) is 8.12. The molecule has 166 valence electrons. The highest BCUT2D eigenvalue weighted by Crippen LogP contribution is 2.06. The fourth-order valence-corrected chi connectivity index (χ4v) is 2.56. The summed E-state index contributed by atoms with van der Waals surface area (Å²) >= 11 is 0. The van der Waals surface area contributed by atoms with Crippen molar-refractivity contribution < 1.29 is 9.53 Å². The van der Waals surface area contributed by atoms with Crippen LogP contribution in [-0.4, -0.2) is 47.6 Å². The summed E-state index contributed by atoms with van der Waals surface area (Å²) in [6.07, 6.45) is 4.24. The second kappa shape index (κ2) is 13.1. The largest absolute Gasteiger partial charge is 0.444 e. The molecule has 1 heterocycles. The van der Waals surface area contributed by atoms with E-state index in [0.29, 0.717) is 25.6 Å². The zero-order valence-electron chi connectivity index (χ0n) is 18.1. The molecule has 0 saturated heterocycles. The average molecular weight is 528 g/mol. The maximum Gasteiger partial charge on any atom is 0.407 e. The number of halogens is 1. The van der Waals surface area contributed by atoms with Crippen LogP contribution in [-0.2, 0) is 17.8 Å². The number of nitrogens with one attached hydrogen (secondary N) is 3. The molecule has 2 aromatic rings. The minimum Gasteiger partial charge on any atom is -0.444 e. The topological polar surface area (TPSA) is 92.6 Å². The first-order valence-corrected chi connectivity index (χ1v) is 9.82. The lowest BCUT2D eigenvalue weighted by atomic mass is 10.2. The van der Waals surface area contributed by atoms with Gasteiger partial charge in [-0.3, -0.25) is 9.67 Å². The van der Waals surface area contributed by atoms with Crippen LogP contribution in [0, 0.1) is 0 Å². The Labute approximate surface area is 195 Å². The van der Waals surface area contributed by atoms with Crippen molar-refractivity contribution in [2.45, 2.75) is 45.9 Å². The zero-order valence-corrected chi connectivity index (χ0v) is 20.5. The predicted molar refractivity (Wildman–Crippen MR) is 130 cm³/mol. The van der Waals surface area contributed by atoms with E-state index in [-0.39, 0.29) is 24.0 Å². The molecule has 0 radical (unpaired) electrons.